The van der Waals surface area contributed by atoms with Crippen LogP contribution in [0.1, 0.15) is 37.5 Å². The molecule has 0 aromatic heterocycles. The van der Waals surface area contributed by atoms with Crippen molar-refractivity contribution in [2.45, 2.75) is 57.1 Å². The van der Waals surface area contributed by atoms with Gasteiger partial charge in [-0.1, -0.05) is 60.2 Å². The first-order valence-corrected chi connectivity index (χ1v) is 17.1. The van der Waals surface area contributed by atoms with Gasteiger partial charge >= 0.3 is 0 Å². The Hall–Kier alpha value is -4.90. The number of benzene rings is 4. The highest BCUT2D eigenvalue weighted by Gasteiger charge is 2.36. The Kier molecular flexibility index (Phi) is 10.4. The van der Waals surface area contributed by atoms with Gasteiger partial charge < -0.3 is 19.7 Å². The zero-order valence-corrected chi connectivity index (χ0v) is 28.3. The molecule has 0 fully saturated rings. The van der Waals surface area contributed by atoms with E-state index >= 15 is 0 Å². The molecule has 0 unspecified atom stereocenters. The van der Waals surface area contributed by atoms with E-state index in [0.29, 0.717) is 12.4 Å². The molecule has 0 radical (unpaired) electrons. The minimum absolute atomic E-state index is 0.0386. The lowest BCUT2D eigenvalue weighted by Crippen LogP contribution is -2.56. The maximum absolute atomic E-state index is 14.6. The van der Waals surface area contributed by atoms with Gasteiger partial charge in [0.1, 0.15) is 31.6 Å². The van der Waals surface area contributed by atoms with Crippen molar-refractivity contribution in [3.63, 3.8) is 0 Å². The van der Waals surface area contributed by atoms with Crippen LogP contribution in [0.4, 0.5) is 10.1 Å². The SMILES string of the molecule is Cc1cccc(CN(C(=O)CN(c2ccc(F)cc2)S(=O)(=O)c2ccc3c(c2)OCCO3)[C@H](Cc2ccccc2)C(=O)NC(C)(C)C)c1. The first-order valence-electron chi connectivity index (χ1n) is 15.7. The van der Waals surface area contributed by atoms with E-state index in [1.165, 1.54) is 35.2 Å². The second-order valence-corrected chi connectivity index (χ2v) is 14.6. The molecule has 0 spiro atoms. The van der Waals surface area contributed by atoms with E-state index in [1.54, 1.807) is 0 Å². The molecular formula is C37H40FN3O6S. The largest absolute Gasteiger partial charge is 0.486 e. The molecule has 48 heavy (non-hydrogen) atoms. The van der Waals surface area contributed by atoms with Crippen molar-refractivity contribution in [2.75, 3.05) is 24.1 Å². The van der Waals surface area contributed by atoms with Crippen LogP contribution >= 0.6 is 0 Å². The predicted octanol–water partition coefficient (Wildman–Crippen LogP) is 5.66. The van der Waals surface area contributed by atoms with Gasteiger partial charge in [0, 0.05) is 24.6 Å². The van der Waals surface area contributed by atoms with Gasteiger partial charge in [-0.25, -0.2) is 12.8 Å². The number of carbonyl (C=O) groups excluding carboxylic acids is 2. The number of anilines is 1. The van der Waals surface area contributed by atoms with Gasteiger partial charge in [-0.2, -0.15) is 0 Å². The minimum Gasteiger partial charge on any atom is -0.486 e. The highest BCUT2D eigenvalue weighted by Crippen LogP contribution is 2.34. The molecule has 4 aromatic rings. The summed E-state index contributed by atoms with van der Waals surface area (Å²) in [6.45, 7) is 7.45. The molecule has 1 atom stereocenters. The summed E-state index contributed by atoms with van der Waals surface area (Å²) in [6, 6.07) is 25.0. The molecule has 11 heteroatoms. The summed E-state index contributed by atoms with van der Waals surface area (Å²) in [5, 5.41) is 3.02. The van der Waals surface area contributed by atoms with Crippen LogP contribution in [0.15, 0.2) is 102 Å². The second-order valence-electron chi connectivity index (χ2n) is 12.7. The van der Waals surface area contributed by atoms with Gasteiger partial charge in [-0.15, -0.1) is 0 Å². The molecule has 2 amide bonds. The molecule has 1 aliphatic rings. The number of hydrogen-bond donors (Lipinski definition) is 1. The van der Waals surface area contributed by atoms with E-state index in [9.17, 15) is 22.4 Å². The Morgan fingerprint density at radius 2 is 1.52 bits per heavy atom. The van der Waals surface area contributed by atoms with Crippen LogP contribution in [0.2, 0.25) is 0 Å². The highest BCUT2D eigenvalue weighted by molar-refractivity contribution is 7.92. The third-order valence-corrected chi connectivity index (χ3v) is 9.47. The minimum atomic E-state index is -4.41. The number of rotatable bonds is 11. The van der Waals surface area contributed by atoms with Crippen molar-refractivity contribution in [3.8, 4) is 11.5 Å². The topological polar surface area (TPSA) is 105 Å². The van der Waals surface area contributed by atoms with Crippen LogP contribution in [-0.4, -0.2) is 56.5 Å². The number of amides is 2. The van der Waals surface area contributed by atoms with E-state index in [0.717, 1.165) is 33.1 Å². The normalized spacial score (nSPS) is 13.4. The van der Waals surface area contributed by atoms with Gasteiger partial charge in [0.2, 0.25) is 11.8 Å². The van der Waals surface area contributed by atoms with Crippen LogP contribution in [0, 0.1) is 12.7 Å². The fourth-order valence-electron chi connectivity index (χ4n) is 5.46. The van der Waals surface area contributed by atoms with Crippen molar-refractivity contribution in [1.29, 1.82) is 0 Å². The summed E-state index contributed by atoms with van der Waals surface area (Å²) in [6.07, 6.45) is 0.186. The zero-order chi connectivity index (χ0) is 34.5. The summed E-state index contributed by atoms with van der Waals surface area (Å²) in [5.74, 6) is -0.898. The first kappa shape index (κ1) is 34.4. The van der Waals surface area contributed by atoms with Crippen LogP contribution in [-0.2, 0) is 32.6 Å². The van der Waals surface area contributed by atoms with Crippen LogP contribution in [0.25, 0.3) is 0 Å². The van der Waals surface area contributed by atoms with Crippen molar-refractivity contribution in [2.24, 2.45) is 0 Å². The highest BCUT2D eigenvalue weighted by atomic mass is 32.2. The van der Waals surface area contributed by atoms with Crippen LogP contribution < -0.4 is 19.1 Å². The Morgan fingerprint density at radius 1 is 0.854 bits per heavy atom. The van der Waals surface area contributed by atoms with E-state index in [4.69, 9.17) is 9.47 Å². The Balaban J connectivity index is 1.58. The van der Waals surface area contributed by atoms with Crippen molar-refractivity contribution >= 4 is 27.5 Å². The molecule has 252 valence electrons. The van der Waals surface area contributed by atoms with Crippen molar-refractivity contribution in [3.05, 3.63) is 120 Å². The van der Waals surface area contributed by atoms with E-state index < -0.39 is 39.9 Å². The fraction of sp³-hybridized carbons (Fsp3) is 0.297. The molecule has 1 N–H and O–H groups in total. The van der Waals surface area contributed by atoms with Gasteiger partial charge in [0.05, 0.1) is 10.6 Å². The van der Waals surface area contributed by atoms with E-state index in [2.05, 4.69) is 5.32 Å². The van der Waals surface area contributed by atoms with Gasteiger partial charge in [0.25, 0.3) is 10.0 Å². The molecule has 4 aromatic carbocycles. The average molecular weight is 674 g/mol. The maximum atomic E-state index is 14.6. The molecule has 0 bridgehead atoms. The van der Waals surface area contributed by atoms with E-state index in [-0.39, 0.29) is 41.8 Å². The zero-order valence-electron chi connectivity index (χ0n) is 27.5. The number of nitrogens with one attached hydrogen (secondary N) is 1. The van der Waals surface area contributed by atoms with Crippen molar-refractivity contribution in [1.82, 2.24) is 10.2 Å². The first-order chi connectivity index (χ1) is 22.8. The van der Waals surface area contributed by atoms with Crippen LogP contribution in [0.5, 0.6) is 11.5 Å². The molecule has 1 aliphatic heterocycles. The summed E-state index contributed by atoms with van der Waals surface area (Å²) in [5.41, 5.74) is 2.04. The number of carbonyl (C=O) groups is 2. The number of sulfonamides is 1. The summed E-state index contributed by atoms with van der Waals surface area (Å²) in [4.78, 5) is 29.9. The van der Waals surface area contributed by atoms with Crippen LogP contribution in [0.3, 0.4) is 0 Å². The smallest absolute Gasteiger partial charge is 0.264 e. The molecule has 1 heterocycles. The number of ether oxygens (including phenoxy) is 2. The number of nitrogens with zero attached hydrogens (tertiary/aromatic N) is 2. The molecular weight excluding hydrogens is 633 g/mol. The Morgan fingerprint density at radius 3 is 2.19 bits per heavy atom. The molecule has 5 rings (SSSR count). The quantitative estimate of drug-likeness (QED) is 0.221. The number of aryl methyl sites for hydroxylation is 1. The van der Waals surface area contributed by atoms with Crippen molar-refractivity contribution < 1.29 is 31.9 Å². The molecule has 0 saturated heterocycles. The lowest BCUT2D eigenvalue weighted by Gasteiger charge is -2.35. The molecule has 0 saturated carbocycles. The van der Waals surface area contributed by atoms with Gasteiger partial charge in [-0.3, -0.25) is 13.9 Å². The predicted molar refractivity (Wildman–Crippen MR) is 182 cm³/mol. The third kappa shape index (κ3) is 8.51. The number of halogens is 1. The second kappa shape index (κ2) is 14.5. The van der Waals surface area contributed by atoms with Gasteiger partial charge in [0.15, 0.2) is 11.5 Å². The monoisotopic (exact) mass is 673 g/mol. The lowest BCUT2D eigenvalue weighted by atomic mass is 10.0. The number of hydrogen-bond acceptors (Lipinski definition) is 6. The Labute approximate surface area is 281 Å². The summed E-state index contributed by atoms with van der Waals surface area (Å²) < 4.78 is 54.8. The van der Waals surface area contributed by atoms with E-state index in [1.807, 2.05) is 82.3 Å². The fourth-order valence-corrected chi connectivity index (χ4v) is 6.89. The standard InChI is InChI=1S/C37H40FN3O6S/c1-26-9-8-12-28(21-26)24-40(32(36(43)39-37(2,3)4)22-27-10-6-5-7-11-27)35(42)25-41(30-15-13-29(38)14-16-30)48(44,45)31-17-18-33-34(23-31)47-20-19-46-33/h5-18,21,23,32H,19-20,22,24-25H2,1-4H3,(H,39,43)/t32-/m1/s1. The molecule has 9 nitrogen and oxygen atoms in total. The summed E-state index contributed by atoms with van der Waals surface area (Å²) >= 11 is 0. The number of fused-ring (bicyclic) bond motifs is 1. The average Bonchev–Trinajstić information content (AvgIpc) is 3.05. The summed E-state index contributed by atoms with van der Waals surface area (Å²) in [7, 11) is -4.41. The molecule has 0 aliphatic carbocycles. The maximum Gasteiger partial charge on any atom is 0.264 e. The van der Waals surface area contributed by atoms with Gasteiger partial charge in [-0.05, 0) is 75.2 Å². The Bertz CT molecular complexity index is 1860. The third-order valence-electron chi connectivity index (χ3n) is 7.70. The lowest BCUT2D eigenvalue weighted by molar-refractivity contribution is -0.140.